The van der Waals surface area contributed by atoms with Crippen molar-refractivity contribution in [3.63, 3.8) is 0 Å². The molecule has 2 N–H and O–H groups in total. The highest BCUT2D eigenvalue weighted by molar-refractivity contribution is 6.00. The van der Waals surface area contributed by atoms with Crippen molar-refractivity contribution in [2.75, 3.05) is 11.9 Å². The maximum Gasteiger partial charge on any atom is 0.246 e. The molecule has 0 spiro atoms. The molecule has 146 valence electrons. The summed E-state index contributed by atoms with van der Waals surface area (Å²) in [6.45, 7) is 4.46. The zero-order valence-corrected chi connectivity index (χ0v) is 16.1. The molecule has 6 nitrogen and oxygen atoms in total. The summed E-state index contributed by atoms with van der Waals surface area (Å²) in [7, 11) is 0. The maximum atomic E-state index is 12.8. The van der Waals surface area contributed by atoms with E-state index >= 15 is 0 Å². The number of hydrogen-bond acceptors (Lipinski definition) is 3. The van der Waals surface area contributed by atoms with Gasteiger partial charge in [-0.05, 0) is 23.1 Å². The van der Waals surface area contributed by atoms with Crippen molar-refractivity contribution in [1.29, 1.82) is 0 Å². The third-order valence-corrected chi connectivity index (χ3v) is 4.74. The second-order valence-electron chi connectivity index (χ2n) is 7.29. The Morgan fingerprint density at radius 3 is 2.50 bits per heavy atom. The molecule has 1 aliphatic heterocycles. The summed E-state index contributed by atoms with van der Waals surface area (Å²) in [5, 5.41) is 5.52. The topological polar surface area (TPSA) is 78.5 Å². The van der Waals surface area contributed by atoms with E-state index in [0.717, 1.165) is 16.8 Å². The van der Waals surface area contributed by atoms with E-state index in [-0.39, 0.29) is 36.6 Å². The monoisotopic (exact) mass is 379 g/mol. The highest BCUT2D eigenvalue weighted by atomic mass is 16.2. The molecular formula is C22H25N3O3. The van der Waals surface area contributed by atoms with Gasteiger partial charge in [-0.1, -0.05) is 62.4 Å². The van der Waals surface area contributed by atoms with E-state index in [9.17, 15) is 14.4 Å². The molecule has 0 bridgehead atoms. The first-order valence-corrected chi connectivity index (χ1v) is 9.45. The van der Waals surface area contributed by atoms with Crippen LogP contribution in [0.3, 0.4) is 0 Å². The van der Waals surface area contributed by atoms with Gasteiger partial charge in [0, 0.05) is 12.2 Å². The van der Waals surface area contributed by atoms with E-state index in [4.69, 9.17) is 0 Å². The molecule has 1 fully saturated rings. The van der Waals surface area contributed by atoms with Crippen LogP contribution in [-0.2, 0) is 20.9 Å². The van der Waals surface area contributed by atoms with E-state index in [0.29, 0.717) is 6.54 Å². The summed E-state index contributed by atoms with van der Waals surface area (Å²) < 4.78 is 0. The Hall–Kier alpha value is -3.15. The normalized spacial score (nSPS) is 16.8. The van der Waals surface area contributed by atoms with Gasteiger partial charge in [0.2, 0.25) is 17.7 Å². The van der Waals surface area contributed by atoms with Gasteiger partial charge < -0.3 is 15.5 Å². The number of piperazine rings is 1. The predicted octanol–water partition coefficient (Wildman–Crippen LogP) is 2.67. The smallest absolute Gasteiger partial charge is 0.246 e. The molecule has 2 aromatic carbocycles. The van der Waals surface area contributed by atoms with Gasteiger partial charge in [-0.25, -0.2) is 0 Å². The van der Waals surface area contributed by atoms with Gasteiger partial charge in [-0.2, -0.15) is 0 Å². The van der Waals surface area contributed by atoms with Crippen molar-refractivity contribution in [3.05, 3.63) is 65.7 Å². The first-order chi connectivity index (χ1) is 13.4. The Labute approximate surface area is 164 Å². The van der Waals surface area contributed by atoms with E-state index < -0.39 is 6.04 Å². The molecule has 0 radical (unpaired) electrons. The van der Waals surface area contributed by atoms with Crippen molar-refractivity contribution >= 4 is 23.4 Å². The zero-order valence-electron chi connectivity index (χ0n) is 16.1. The summed E-state index contributed by atoms with van der Waals surface area (Å²) in [5.74, 6) is -0.533. The minimum Gasteiger partial charge on any atom is -0.342 e. The number of hydrogen-bond donors (Lipinski definition) is 2. The molecule has 1 saturated heterocycles. The highest BCUT2D eigenvalue weighted by Gasteiger charge is 2.34. The lowest BCUT2D eigenvalue weighted by molar-refractivity contribution is -0.145. The summed E-state index contributed by atoms with van der Waals surface area (Å²) >= 11 is 0. The van der Waals surface area contributed by atoms with Crippen LogP contribution in [0.4, 0.5) is 5.69 Å². The van der Waals surface area contributed by atoms with E-state index in [1.165, 1.54) is 4.90 Å². The lowest BCUT2D eigenvalue weighted by Crippen LogP contribution is -2.58. The van der Waals surface area contributed by atoms with E-state index in [1.807, 2.05) is 54.6 Å². The number of nitrogens with zero attached hydrogens (tertiary/aromatic N) is 1. The van der Waals surface area contributed by atoms with Crippen LogP contribution in [0.1, 0.15) is 37.3 Å². The van der Waals surface area contributed by atoms with Crippen LogP contribution in [0.2, 0.25) is 0 Å². The van der Waals surface area contributed by atoms with Crippen LogP contribution >= 0.6 is 0 Å². The van der Waals surface area contributed by atoms with Crippen molar-refractivity contribution in [1.82, 2.24) is 10.2 Å². The third kappa shape index (κ3) is 4.76. The molecule has 28 heavy (non-hydrogen) atoms. The number of carbonyl (C=O) groups excluding carboxylic acids is 3. The molecule has 2 aromatic rings. The summed E-state index contributed by atoms with van der Waals surface area (Å²) in [6.07, 6.45) is -0.0949. The fourth-order valence-electron chi connectivity index (χ4n) is 3.35. The first-order valence-electron chi connectivity index (χ1n) is 9.45. The number of amides is 3. The second kappa shape index (κ2) is 8.69. The molecule has 6 heteroatoms. The average Bonchev–Trinajstić information content (AvgIpc) is 2.66. The number of nitrogens with one attached hydrogen (secondary N) is 2. The minimum atomic E-state index is -0.851. The second-order valence-corrected chi connectivity index (χ2v) is 7.29. The Bertz CT molecular complexity index is 864. The van der Waals surface area contributed by atoms with Crippen LogP contribution in [0, 0.1) is 0 Å². The lowest BCUT2D eigenvalue weighted by Gasteiger charge is -2.32. The standard InChI is InChI=1S/C22H25N3O3/c1-15(2)17-10-6-7-11-18(17)23-20(26)12-19-22(28)25(14-21(27)24-19)13-16-8-4-3-5-9-16/h3-11,15,19H,12-14H2,1-2H3,(H,23,26)(H,24,27)/t19-/m1/s1. The fraction of sp³-hybridized carbons (Fsp3) is 0.318. The molecule has 1 heterocycles. The molecular weight excluding hydrogens is 354 g/mol. The van der Waals surface area contributed by atoms with Crippen LogP contribution in [0.25, 0.3) is 0 Å². The van der Waals surface area contributed by atoms with Crippen molar-refractivity contribution in [2.24, 2.45) is 0 Å². The number of rotatable bonds is 6. The largest absolute Gasteiger partial charge is 0.342 e. The van der Waals surface area contributed by atoms with Crippen LogP contribution in [-0.4, -0.2) is 35.2 Å². The van der Waals surface area contributed by atoms with Gasteiger partial charge in [-0.3, -0.25) is 14.4 Å². The van der Waals surface area contributed by atoms with E-state index in [1.54, 1.807) is 0 Å². The molecule has 0 aliphatic carbocycles. The predicted molar refractivity (Wildman–Crippen MR) is 108 cm³/mol. The number of anilines is 1. The van der Waals surface area contributed by atoms with Gasteiger partial charge >= 0.3 is 0 Å². The maximum absolute atomic E-state index is 12.8. The number of benzene rings is 2. The number of para-hydroxylation sites is 1. The zero-order chi connectivity index (χ0) is 20.1. The summed E-state index contributed by atoms with van der Waals surface area (Å²) in [6, 6.07) is 16.2. The lowest BCUT2D eigenvalue weighted by atomic mass is 10.0. The number of carbonyl (C=O) groups is 3. The van der Waals surface area contributed by atoms with Crippen LogP contribution in [0.5, 0.6) is 0 Å². The quantitative estimate of drug-likeness (QED) is 0.810. The molecule has 0 unspecified atom stereocenters. The Morgan fingerprint density at radius 2 is 1.79 bits per heavy atom. The molecule has 0 saturated carbocycles. The van der Waals surface area contributed by atoms with Crippen LogP contribution < -0.4 is 10.6 Å². The minimum absolute atomic E-state index is 0.00201. The Balaban J connectivity index is 1.66. The van der Waals surface area contributed by atoms with E-state index in [2.05, 4.69) is 24.5 Å². The van der Waals surface area contributed by atoms with Gasteiger partial charge in [0.25, 0.3) is 0 Å². The molecule has 1 aliphatic rings. The Morgan fingerprint density at radius 1 is 1.11 bits per heavy atom. The first kappa shape index (κ1) is 19.6. The average molecular weight is 379 g/mol. The third-order valence-electron chi connectivity index (χ3n) is 4.74. The van der Waals surface area contributed by atoms with Crippen molar-refractivity contribution in [2.45, 2.75) is 38.8 Å². The Kier molecular flexibility index (Phi) is 6.09. The van der Waals surface area contributed by atoms with Gasteiger partial charge in [0.05, 0.1) is 13.0 Å². The van der Waals surface area contributed by atoms with Crippen molar-refractivity contribution < 1.29 is 14.4 Å². The summed E-state index contributed by atoms with van der Waals surface area (Å²) in [5.41, 5.74) is 2.71. The SMILES string of the molecule is CC(C)c1ccccc1NC(=O)C[C@H]1NC(=O)CN(Cc2ccccc2)C1=O. The van der Waals surface area contributed by atoms with Crippen molar-refractivity contribution in [3.8, 4) is 0 Å². The molecule has 1 atom stereocenters. The molecule has 0 aromatic heterocycles. The fourth-order valence-corrected chi connectivity index (χ4v) is 3.35. The van der Waals surface area contributed by atoms with Gasteiger partial charge in [0.15, 0.2) is 0 Å². The highest BCUT2D eigenvalue weighted by Crippen LogP contribution is 2.24. The summed E-state index contributed by atoms with van der Waals surface area (Å²) in [4.78, 5) is 38.9. The van der Waals surface area contributed by atoms with Crippen LogP contribution in [0.15, 0.2) is 54.6 Å². The van der Waals surface area contributed by atoms with Gasteiger partial charge in [0.1, 0.15) is 6.04 Å². The molecule has 3 rings (SSSR count). The molecule has 3 amide bonds. The van der Waals surface area contributed by atoms with Gasteiger partial charge in [-0.15, -0.1) is 0 Å².